The maximum absolute atomic E-state index is 12.7. The van der Waals surface area contributed by atoms with Crippen molar-refractivity contribution in [3.8, 4) is 5.75 Å². The standard InChI is InChI=1S/C18H16O2S/c1-2-11-20-15-9-5-4-8-14(15)18(19)17-12-13-7-3-6-10-16(13)21-17/h3-10,12H,2,11H2,1H3. The molecular formula is C18H16O2S. The second-order valence-corrected chi connectivity index (χ2v) is 5.91. The Labute approximate surface area is 128 Å². The van der Waals surface area contributed by atoms with Gasteiger partial charge >= 0.3 is 0 Å². The molecule has 1 heterocycles. The molecule has 3 rings (SSSR count). The first-order valence-corrected chi connectivity index (χ1v) is 7.86. The normalized spacial score (nSPS) is 10.7. The van der Waals surface area contributed by atoms with Crippen molar-refractivity contribution >= 4 is 27.2 Å². The van der Waals surface area contributed by atoms with Crippen molar-refractivity contribution in [1.82, 2.24) is 0 Å². The summed E-state index contributed by atoms with van der Waals surface area (Å²) < 4.78 is 6.82. The Morgan fingerprint density at radius 3 is 2.67 bits per heavy atom. The summed E-state index contributed by atoms with van der Waals surface area (Å²) in [5.41, 5.74) is 0.637. The van der Waals surface area contributed by atoms with Crippen molar-refractivity contribution in [2.75, 3.05) is 6.61 Å². The molecule has 106 valence electrons. The molecule has 0 bridgehead atoms. The molecule has 0 aliphatic heterocycles. The summed E-state index contributed by atoms with van der Waals surface area (Å²) in [5, 5.41) is 1.11. The number of hydrogen-bond acceptors (Lipinski definition) is 3. The summed E-state index contributed by atoms with van der Waals surface area (Å²) in [5.74, 6) is 0.699. The van der Waals surface area contributed by atoms with Gasteiger partial charge in [-0.1, -0.05) is 37.3 Å². The number of carbonyl (C=O) groups excluding carboxylic acids is 1. The molecule has 0 spiro atoms. The minimum atomic E-state index is 0.0305. The Balaban J connectivity index is 1.98. The molecule has 0 saturated heterocycles. The predicted molar refractivity (Wildman–Crippen MR) is 87.5 cm³/mol. The highest BCUT2D eigenvalue weighted by Crippen LogP contribution is 2.29. The van der Waals surface area contributed by atoms with Crippen molar-refractivity contribution in [2.24, 2.45) is 0 Å². The van der Waals surface area contributed by atoms with Crippen LogP contribution in [0.1, 0.15) is 28.6 Å². The Morgan fingerprint density at radius 2 is 1.86 bits per heavy atom. The van der Waals surface area contributed by atoms with Gasteiger partial charge in [-0.2, -0.15) is 0 Å². The van der Waals surface area contributed by atoms with E-state index in [0.29, 0.717) is 17.9 Å². The van der Waals surface area contributed by atoms with Crippen molar-refractivity contribution in [1.29, 1.82) is 0 Å². The maximum atomic E-state index is 12.7. The van der Waals surface area contributed by atoms with Crippen LogP contribution in [0.3, 0.4) is 0 Å². The lowest BCUT2D eigenvalue weighted by Gasteiger charge is -2.08. The summed E-state index contributed by atoms with van der Waals surface area (Å²) in [6.07, 6.45) is 0.922. The van der Waals surface area contributed by atoms with Crippen LogP contribution in [0.2, 0.25) is 0 Å². The average Bonchev–Trinajstić information content (AvgIpc) is 2.96. The van der Waals surface area contributed by atoms with E-state index in [0.717, 1.165) is 21.4 Å². The first-order valence-electron chi connectivity index (χ1n) is 7.04. The first-order chi connectivity index (χ1) is 10.3. The third-order valence-corrected chi connectivity index (χ3v) is 4.36. The van der Waals surface area contributed by atoms with Crippen LogP contribution in [0.25, 0.3) is 10.1 Å². The number of para-hydroxylation sites is 1. The fourth-order valence-electron chi connectivity index (χ4n) is 2.22. The molecule has 3 aromatic rings. The predicted octanol–water partition coefficient (Wildman–Crippen LogP) is 4.92. The molecule has 0 fully saturated rings. The van der Waals surface area contributed by atoms with Crippen LogP contribution >= 0.6 is 11.3 Å². The molecule has 0 saturated carbocycles. The molecular weight excluding hydrogens is 280 g/mol. The van der Waals surface area contributed by atoms with Gasteiger partial charge in [-0.15, -0.1) is 11.3 Å². The Kier molecular flexibility index (Phi) is 4.02. The molecule has 0 aliphatic rings. The zero-order chi connectivity index (χ0) is 14.7. The number of ether oxygens (including phenoxy) is 1. The van der Waals surface area contributed by atoms with Crippen LogP contribution in [0.15, 0.2) is 54.6 Å². The highest BCUT2D eigenvalue weighted by Gasteiger charge is 2.16. The number of carbonyl (C=O) groups is 1. The third kappa shape index (κ3) is 2.83. The van der Waals surface area contributed by atoms with Crippen molar-refractivity contribution in [3.05, 3.63) is 65.0 Å². The van der Waals surface area contributed by atoms with Gasteiger partial charge < -0.3 is 4.74 Å². The fourth-order valence-corrected chi connectivity index (χ4v) is 3.24. The largest absolute Gasteiger partial charge is 0.493 e. The van der Waals surface area contributed by atoms with Crippen LogP contribution in [-0.2, 0) is 0 Å². The molecule has 0 radical (unpaired) electrons. The molecule has 2 aromatic carbocycles. The third-order valence-electron chi connectivity index (χ3n) is 3.24. The molecule has 3 heteroatoms. The molecule has 0 unspecified atom stereocenters. The number of thiophene rings is 1. The second kappa shape index (κ2) is 6.10. The quantitative estimate of drug-likeness (QED) is 0.625. The molecule has 0 N–H and O–H groups in total. The molecule has 2 nitrogen and oxygen atoms in total. The van der Waals surface area contributed by atoms with Gasteiger partial charge in [-0.25, -0.2) is 0 Å². The summed E-state index contributed by atoms with van der Waals surface area (Å²) in [4.78, 5) is 13.5. The number of fused-ring (bicyclic) bond motifs is 1. The summed E-state index contributed by atoms with van der Waals surface area (Å²) in [7, 11) is 0. The maximum Gasteiger partial charge on any atom is 0.206 e. The van der Waals surface area contributed by atoms with Gasteiger partial charge in [0.25, 0.3) is 0 Å². The van der Waals surface area contributed by atoms with Gasteiger partial charge in [0, 0.05) is 4.70 Å². The summed E-state index contributed by atoms with van der Waals surface area (Å²) in [6.45, 7) is 2.67. The zero-order valence-corrected chi connectivity index (χ0v) is 12.7. The van der Waals surface area contributed by atoms with Gasteiger partial charge in [0.05, 0.1) is 17.0 Å². The molecule has 0 aliphatic carbocycles. The minimum absolute atomic E-state index is 0.0305. The minimum Gasteiger partial charge on any atom is -0.493 e. The molecule has 21 heavy (non-hydrogen) atoms. The smallest absolute Gasteiger partial charge is 0.206 e. The summed E-state index contributed by atoms with van der Waals surface area (Å²) >= 11 is 1.53. The molecule has 0 amide bonds. The lowest BCUT2D eigenvalue weighted by atomic mass is 10.1. The number of benzene rings is 2. The van der Waals surface area contributed by atoms with Crippen LogP contribution in [0.4, 0.5) is 0 Å². The number of hydrogen-bond donors (Lipinski definition) is 0. The van der Waals surface area contributed by atoms with E-state index in [1.807, 2.05) is 54.6 Å². The van der Waals surface area contributed by atoms with Crippen molar-refractivity contribution < 1.29 is 9.53 Å². The summed E-state index contributed by atoms with van der Waals surface area (Å²) in [6, 6.07) is 17.5. The van der Waals surface area contributed by atoms with E-state index in [1.54, 1.807) is 0 Å². The SMILES string of the molecule is CCCOc1ccccc1C(=O)c1cc2ccccc2s1. The second-order valence-electron chi connectivity index (χ2n) is 4.82. The van der Waals surface area contributed by atoms with E-state index in [2.05, 4.69) is 6.92 Å². The van der Waals surface area contributed by atoms with Crippen LogP contribution < -0.4 is 4.74 Å². The van der Waals surface area contributed by atoms with Gasteiger partial charge in [0.1, 0.15) is 5.75 Å². The van der Waals surface area contributed by atoms with E-state index < -0.39 is 0 Å². The van der Waals surface area contributed by atoms with E-state index >= 15 is 0 Å². The molecule has 0 atom stereocenters. The Hall–Kier alpha value is -2.13. The Bertz CT molecular complexity index is 740. The number of rotatable bonds is 5. The van der Waals surface area contributed by atoms with Crippen LogP contribution in [-0.4, -0.2) is 12.4 Å². The highest BCUT2D eigenvalue weighted by molar-refractivity contribution is 7.21. The van der Waals surface area contributed by atoms with E-state index in [9.17, 15) is 4.79 Å². The zero-order valence-electron chi connectivity index (χ0n) is 11.8. The Morgan fingerprint density at radius 1 is 1.10 bits per heavy atom. The lowest BCUT2D eigenvalue weighted by molar-refractivity contribution is 0.103. The van der Waals surface area contributed by atoms with E-state index in [-0.39, 0.29) is 5.78 Å². The topological polar surface area (TPSA) is 26.3 Å². The first kappa shape index (κ1) is 13.8. The lowest BCUT2D eigenvalue weighted by Crippen LogP contribution is -2.04. The van der Waals surface area contributed by atoms with E-state index in [4.69, 9.17) is 4.74 Å². The molecule has 1 aromatic heterocycles. The highest BCUT2D eigenvalue weighted by atomic mass is 32.1. The van der Waals surface area contributed by atoms with Gasteiger partial charge in [-0.05, 0) is 36.1 Å². The van der Waals surface area contributed by atoms with E-state index in [1.165, 1.54) is 11.3 Å². The monoisotopic (exact) mass is 296 g/mol. The number of ketones is 1. The fraction of sp³-hybridized carbons (Fsp3) is 0.167. The van der Waals surface area contributed by atoms with Gasteiger partial charge in [0.2, 0.25) is 5.78 Å². The van der Waals surface area contributed by atoms with Crippen molar-refractivity contribution in [3.63, 3.8) is 0 Å². The van der Waals surface area contributed by atoms with Gasteiger partial charge in [0.15, 0.2) is 0 Å². The van der Waals surface area contributed by atoms with Gasteiger partial charge in [-0.3, -0.25) is 4.79 Å². The van der Waals surface area contributed by atoms with Crippen LogP contribution in [0.5, 0.6) is 5.75 Å². The average molecular weight is 296 g/mol. The van der Waals surface area contributed by atoms with Crippen molar-refractivity contribution in [2.45, 2.75) is 13.3 Å². The van der Waals surface area contributed by atoms with Crippen LogP contribution in [0, 0.1) is 0 Å².